The summed E-state index contributed by atoms with van der Waals surface area (Å²) < 4.78 is 0.810. The third-order valence-electron chi connectivity index (χ3n) is 3.20. The fourth-order valence-electron chi connectivity index (χ4n) is 2.24. The Kier molecular flexibility index (Phi) is 5.47. The van der Waals surface area contributed by atoms with E-state index < -0.39 is 0 Å². The number of piperidine rings is 1. The molecule has 1 amide bonds. The van der Waals surface area contributed by atoms with Crippen LogP contribution in [0, 0.1) is 5.92 Å². The molecule has 1 atom stereocenters. The predicted octanol–water partition coefficient (Wildman–Crippen LogP) is 2.45. The molecule has 1 aromatic heterocycles. The Morgan fingerprint density at radius 2 is 2.44 bits per heavy atom. The lowest BCUT2D eigenvalue weighted by atomic mass is 9.96. The van der Waals surface area contributed by atoms with Crippen molar-refractivity contribution in [1.82, 2.24) is 10.6 Å². The molecule has 5 heteroatoms. The molecule has 0 spiro atoms. The fraction of sp³-hybridized carbons (Fsp3) is 0.615. The SMILES string of the molecule is O=C(CC1CCCNC1)NCCc1ccc(Cl)s1. The molecule has 3 nitrogen and oxygen atoms in total. The van der Waals surface area contributed by atoms with E-state index in [0.717, 1.165) is 23.8 Å². The highest BCUT2D eigenvalue weighted by Gasteiger charge is 2.16. The highest BCUT2D eigenvalue weighted by atomic mass is 35.5. The van der Waals surface area contributed by atoms with Gasteiger partial charge in [-0.3, -0.25) is 4.79 Å². The second-order valence-corrected chi connectivity index (χ2v) is 6.52. The summed E-state index contributed by atoms with van der Waals surface area (Å²) in [6.45, 7) is 2.78. The molecular formula is C13H19ClN2OS. The van der Waals surface area contributed by atoms with Gasteiger partial charge in [0.2, 0.25) is 5.91 Å². The van der Waals surface area contributed by atoms with Gasteiger partial charge in [0.25, 0.3) is 0 Å². The van der Waals surface area contributed by atoms with Gasteiger partial charge < -0.3 is 10.6 Å². The van der Waals surface area contributed by atoms with E-state index >= 15 is 0 Å². The van der Waals surface area contributed by atoms with Crippen LogP contribution in [0.4, 0.5) is 0 Å². The van der Waals surface area contributed by atoms with E-state index in [1.807, 2.05) is 12.1 Å². The number of rotatable bonds is 5. The van der Waals surface area contributed by atoms with Crippen molar-refractivity contribution in [2.75, 3.05) is 19.6 Å². The van der Waals surface area contributed by atoms with E-state index in [0.29, 0.717) is 18.9 Å². The van der Waals surface area contributed by atoms with Crippen LogP contribution in [0.25, 0.3) is 0 Å². The first-order chi connectivity index (χ1) is 8.74. The van der Waals surface area contributed by atoms with Crippen molar-refractivity contribution in [3.05, 3.63) is 21.3 Å². The van der Waals surface area contributed by atoms with Gasteiger partial charge in [-0.15, -0.1) is 11.3 Å². The molecule has 0 saturated carbocycles. The lowest BCUT2D eigenvalue weighted by molar-refractivity contribution is -0.122. The zero-order chi connectivity index (χ0) is 12.8. The molecule has 1 aliphatic rings. The molecule has 2 N–H and O–H groups in total. The molecular weight excluding hydrogens is 268 g/mol. The number of carbonyl (C=O) groups excluding carboxylic acids is 1. The number of nitrogens with one attached hydrogen (secondary N) is 2. The first-order valence-corrected chi connectivity index (χ1v) is 7.65. The summed E-state index contributed by atoms with van der Waals surface area (Å²) >= 11 is 7.43. The smallest absolute Gasteiger partial charge is 0.220 e. The van der Waals surface area contributed by atoms with Crippen LogP contribution in [0.2, 0.25) is 4.34 Å². The summed E-state index contributed by atoms with van der Waals surface area (Å²) in [5.41, 5.74) is 0. The highest BCUT2D eigenvalue weighted by molar-refractivity contribution is 7.16. The molecule has 0 radical (unpaired) electrons. The van der Waals surface area contributed by atoms with E-state index in [-0.39, 0.29) is 5.91 Å². The van der Waals surface area contributed by atoms with Crippen LogP contribution in [-0.4, -0.2) is 25.5 Å². The summed E-state index contributed by atoms with van der Waals surface area (Å²) in [5.74, 6) is 0.682. The third-order valence-corrected chi connectivity index (χ3v) is 4.49. The molecule has 1 aromatic rings. The summed E-state index contributed by atoms with van der Waals surface area (Å²) in [6, 6.07) is 3.92. The van der Waals surface area contributed by atoms with Crippen molar-refractivity contribution in [2.45, 2.75) is 25.7 Å². The molecule has 0 aliphatic carbocycles. The van der Waals surface area contributed by atoms with E-state index in [1.165, 1.54) is 17.7 Å². The Hall–Kier alpha value is -0.580. The number of hydrogen-bond donors (Lipinski definition) is 2. The topological polar surface area (TPSA) is 41.1 Å². The lowest BCUT2D eigenvalue weighted by Crippen LogP contribution is -2.34. The Labute approximate surface area is 117 Å². The number of hydrogen-bond acceptors (Lipinski definition) is 3. The molecule has 0 bridgehead atoms. The molecule has 2 rings (SSSR count). The Bertz CT molecular complexity index is 388. The van der Waals surface area contributed by atoms with Crippen LogP contribution < -0.4 is 10.6 Å². The van der Waals surface area contributed by atoms with Crippen molar-refractivity contribution in [3.8, 4) is 0 Å². The maximum absolute atomic E-state index is 11.7. The summed E-state index contributed by atoms with van der Waals surface area (Å²) in [4.78, 5) is 13.0. The Balaban J connectivity index is 1.62. The minimum atomic E-state index is 0.173. The summed E-state index contributed by atoms with van der Waals surface area (Å²) in [7, 11) is 0. The van der Waals surface area contributed by atoms with Crippen LogP contribution in [0.3, 0.4) is 0 Å². The average molecular weight is 287 g/mol. The van der Waals surface area contributed by atoms with Gasteiger partial charge in [0.15, 0.2) is 0 Å². The Morgan fingerprint density at radius 1 is 1.56 bits per heavy atom. The van der Waals surface area contributed by atoms with E-state index in [4.69, 9.17) is 11.6 Å². The van der Waals surface area contributed by atoms with Crippen molar-refractivity contribution in [2.24, 2.45) is 5.92 Å². The predicted molar refractivity (Wildman–Crippen MR) is 76.3 cm³/mol. The molecule has 1 fully saturated rings. The van der Waals surface area contributed by atoms with Crippen molar-refractivity contribution >= 4 is 28.8 Å². The number of thiophene rings is 1. The van der Waals surface area contributed by atoms with Crippen molar-refractivity contribution < 1.29 is 4.79 Å². The molecule has 1 unspecified atom stereocenters. The van der Waals surface area contributed by atoms with Gasteiger partial charge in [0.1, 0.15) is 0 Å². The van der Waals surface area contributed by atoms with E-state index in [2.05, 4.69) is 10.6 Å². The molecule has 1 saturated heterocycles. The van der Waals surface area contributed by atoms with E-state index in [9.17, 15) is 4.79 Å². The minimum Gasteiger partial charge on any atom is -0.356 e. The van der Waals surface area contributed by atoms with Gasteiger partial charge in [-0.25, -0.2) is 0 Å². The second-order valence-electron chi connectivity index (χ2n) is 4.72. The number of amides is 1. The maximum Gasteiger partial charge on any atom is 0.220 e. The van der Waals surface area contributed by atoms with Crippen LogP contribution >= 0.6 is 22.9 Å². The highest BCUT2D eigenvalue weighted by Crippen LogP contribution is 2.21. The monoisotopic (exact) mass is 286 g/mol. The molecule has 0 aromatic carbocycles. The number of halogens is 1. The molecule has 2 heterocycles. The summed E-state index contributed by atoms with van der Waals surface area (Å²) in [5, 5.41) is 6.32. The fourth-order valence-corrected chi connectivity index (χ4v) is 3.33. The summed E-state index contributed by atoms with van der Waals surface area (Å²) in [6.07, 6.45) is 3.87. The van der Waals surface area contributed by atoms with Gasteiger partial charge >= 0.3 is 0 Å². The first-order valence-electron chi connectivity index (χ1n) is 6.45. The lowest BCUT2D eigenvalue weighted by Gasteiger charge is -2.22. The van der Waals surface area contributed by atoms with Crippen LogP contribution in [0.15, 0.2) is 12.1 Å². The second kappa shape index (κ2) is 7.12. The molecule has 100 valence electrons. The first kappa shape index (κ1) is 13.8. The largest absolute Gasteiger partial charge is 0.356 e. The van der Waals surface area contributed by atoms with Crippen LogP contribution in [0.1, 0.15) is 24.1 Å². The maximum atomic E-state index is 11.7. The zero-order valence-electron chi connectivity index (χ0n) is 10.4. The van der Waals surface area contributed by atoms with Crippen molar-refractivity contribution in [1.29, 1.82) is 0 Å². The normalized spacial score (nSPS) is 19.7. The van der Waals surface area contributed by atoms with Gasteiger partial charge in [0, 0.05) is 17.8 Å². The zero-order valence-corrected chi connectivity index (χ0v) is 11.9. The minimum absolute atomic E-state index is 0.173. The molecule has 1 aliphatic heterocycles. The molecule has 18 heavy (non-hydrogen) atoms. The average Bonchev–Trinajstić information content (AvgIpc) is 2.76. The standard InChI is InChI=1S/C13H19ClN2OS/c14-12-4-3-11(18-12)5-7-16-13(17)8-10-2-1-6-15-9-10/h3-4,10,15H,1-2,5-9H2,(H,16,17). The quantitative estimate of drug-likeness (QED) is 0.873. The van der Waals surface area contributed by atoms with Gasteiger partial charge in [-0.1, -0.05) is 11.6 Å². The van der Waals surface area contributed by atoms with Gasteiger partial charge in [-0.05, 0) is 50.4 Å². The van der Waals surface area contributed by atoms with E-state index in [1.54, 1.807) is 11.3 Å². The van der Waals surface area contributed by atoms with Gasteiger partial charge in [-0.2, -0.15) is 0 Å². The Morgan fingerprint density at radius 3 is 3.11 bits per heavy atom. The van der Waals surface area contributed by atoms with Gasteiger partial charge in [0.05, 0.1) is 4.34 Å². The van der Waals surface area contributed by atoms with Crippen molar-refractivity contribution in [3.63, 3.8) is 0 Å². The third kappa shape index (κ3) is 4.59. The van der Waals surface area contributed by atoms with Crippen LogP contribution in [0.5, 0.6) is 0 Å². The number of carbonyl (C=O) groups is 1. The van der Waals surface area contributed by atoms with Crippen LogP contribution in [-0.2, 0) is 11.2 Å².